The van der Waals surface area contributed by atoms with Gasteiger partial charge in [0.25, 0.3) is 5.91 Å². The Labute approximate surface area is 129 Å². The topological polar surface area (TPSA) is 76.1 Å². The smallest absolute Gasteiger partial charge is 0.311 e. The fourth-order valence-electron chi connectivity index (χ4n) is 2.70. The third-order valence-electron chi connectivity index (χ3n) is 4.28. The summed E-state index contributed by atoms with van der Waals surface area (Å²) in [6.45, 7) is 4.15. The lowest BCUT2D eigenvalue weighted by molar-refractivity contribution is -0.147. The van der Waals surface area contributed by atoms with Crippen molar-refractivity contribution in [2.45, 2.75) is 20.3 Å². The molecule has 0 saturated carbocycles. The largest absolute Gasteiger partial charge is 0.496 e. The van der Waals surface area contributed by atoms with E-state index in [0.29, 0.717) is 30.0 Å². The lowest BCUT2D eigenvalue weighted by Gasteiger charge is -2.21. The van der Waals surface area contributed by atoms with Crippen molar-refractivity contribution in [3.63, 3.8) is 0 Å². The van der Waals surface area contributed by atoms with Crippen LogP contribution in [0, 0.1) is 12.3 Å². The fourth-order valence-corrected chi connectivity index (χ4v) is 2.70. The number of ether oxygens (including phenoxy) is 2. The molecule has 1 aromatic rings. The second-order valence-corrected chi connectivity index (χ2v) is 5.85. The summed E-state index contributed by atoms with van der Waals surface area (Å²) in [5.41, 5.74) is 0.376. The minimum atomic E-state index is -0.880. The fraction of sp³-hybridized carbons (Fsp3) is 0.500. The Kier molecular flexibility index (Phi) is 4.30. The highest BCUT2D eigenvalue weighted by atomic mass is 16.5. The first-order valence-corrected chi connectivity index (χ1v) is 7.07. The van der Waals surface area contributed by atoms with Crippen LogP contribution in [0.5, 0.6) is 11.5 Å². The van der Waals surface area contributed by atoms with Gasteiger partial charge in [0.2, 0.25) is 0 Å². The maximum absolute atomic E-state index is 12.6. The second kappa shape index (κ2) is 5.87. The predicted molar refractivity (Wildman–Crippen MR) is 80.5 cm³/mol. The third kappa shape index (κ3) is 2.73. The van der Waals surface area contributed by atoms with Crippen molar-refractivity contribution >= 4 is 11.9 Å². The van der Waals surface area contributed by atoms with Crippen molar-refractivity contribution in [1.82, 2.24) is 4.90 Å². The molecule has 6 nitrogen and oxygen atoms in total. The molecule has 120 valence electrons. The summed E-state index contributed by atoms with van der Waals surface area (Å²) in [5, 5.41) is 9.27. The van der Waals surface area contributed by atoms with Gasteiger partial charge in [0.05, 0.1) is 19.6 Å². The van der Waals surface area contributed by atoms with Crippen LogP contribution >= 0.6 is 0 Å². The third-order valence-corrected chi connectivity index (χ3v) is 4.28. The number of carbonyl (C=O) groups excluding carboxylic acids is 1. The number of benzene rings is 1. The maximum Gasteiger partial charge on any atom is 0.311 e. The van der Waals surface area contributed by atoms with E-state index in [1.807, 2.05) is 6.92 Å². The van der Waals surface area contributed by atoms with Crippen molar-refractivity contribution in [3.05, 3.63) is 23.3 Å². The molecular formula is C16H21NO5. The summed E-state index contributed by atoms with van der Waals surface area (Å²) in [5.74, 6) is 0.0641. The van der Waals surface area contributed by atoms with Gasteiger partial charge < -0.3 is 19.5 Å². The van der Waals surface area contributed by atoms with E-state index in [4.69, 9.17) is 9.47 Å². The number of carboxylic acid groups (broad SMARTS) is 1. The van der Waals surface area contributed by atoms with Gasteiger partial charge in [-0.1, -0.05) is 0 Å². The van der Waals surface area contributed by atoms with Crippen molar-refractivity contribution in [2.75, 3.05) is 27.3 Å². The minimum Gasteiger partial charge on any atom is -0.496 e. The normalized spacial score (nSPS) is 20.8. The molecule has 1 unspecified atom stereocenters. The van der Waals surface area contributed by atoms with Gasteiger partial charge in [-0.3, -0.25) is 9.59 Å². The molecule has 2 rings (SSSR count). The SMILES string of the molecule is COc1cc(C(=O)N2CCC(C)(C(=O)O)C2)cc(OC)c1C. The zero-order valence-electron chi connectivity index (χ0n) is 13.3. The molecule has 1 aliphatic heterocycles. The van der Waals surface area contributed by atoms with Crippen LogP contribution in [0.15, 0.2) is 12.1 Å². The molecule has 6 heteroatoms. The molecule has 0 aliphatic carbocycles. The van der Waals surface area contributed by atoms with Gasteiger partial charge in [-0.25, -0.2) is 0 Å². The Balaban J connectivity index is 2.29. The molecule has 1 heterocycles. The lowest BCUT2D eigenvalue weighted by atomic mass is 9.90. The highest BCUT2D eigenvalue weighted by Crippen LogP contribution is 2.33. The number of amides is 1. The molecule has 1 amide bonds. The van der Waals surface area contributed by atoms with E-state index in [9.17, 15) is 14.7 Å². The van der Waals surface area contributed by atoms with Crippen molar-refractivity contribution in [1.29, 1.82) is 0 Å². The Morgan fingerprint density at radius 2 is 1.77 bits per heavy atom. The van der Waals surface area contributed by atoms with Crippen LogP contribution in [-0.4, -0.2) is 49.2 Å². The summed E-state index contributed by atoms with van der Waals surface area (Å²) in [4.78, 5) is 25.5. The highest BCUT2D eigenvalue weighted by Gasteiger charge is 2.42. The number of methoxy groups -OCH3 is 2. The van der Waals surface area contributed by atoms with E-state index in [0.717, 1.165) is 5.56 Å². The number of hydrogen-bond acceptors (Lipinski definition) is 4. The highest BCUT2D eigenvalue weighted by molar-refractivity contribution is 5.96. The van der Waals surface area contributed by atoms with Gasteiger partial charge in [0, 0.05) is 24.2 Å². The first-order chi connectivity index (χ1) is 10.3. The average molecular weight is 307 g/mol. The maximum atomic E-state index is 12.6. The second-order valence-electron chi connectivity index (χ2n) is 5.85. The molecular weight excluding hydrogens is 286 g/mol. The molecule has 0 radical (unpaired) electrons. The standard InChI is InChI=1S/C16H21NO5/c1-10-12(21-3)7-11(8-13(10)22-4)14(18)17-6-5-16(2,9-17)15(19)20/h7-8H,5-6,9H2,1-4H3,(H,19,20). The van der Waals surface area contributed by atoms with Crippen LogP contribution in [0.3, 0.4) is 0 Å². The Morgan fingerprint density at radius 1 is 1.23 bits per heavy atom. The van der Waals surface area contributed by atoms with Crippen LogP contribution in [0.4, 0.5) is 0 Å². The van der Waals surface area contributed by atoms with Crippen LogP contribution in [-0.2, 0) is 4.79 Å². The minimum absolute atomic E-state index is 0.207. The molecule has 0 aromatic heterocycles. The zero-order chi connectivity index (χ0) is 16.5. The van der Waals surface area contributed by atoms with Crippen LogP contribution in [0.25, 0.3) is 0 Å². The summed E-state index contributed by atoms with van der Waals surface area (Å²) < 4.78 is 10.6. The van der Waals surface area contributed by atoms with Crippen LogP contribution in [0.1, 0.15) is 29.3 Å². The first-order valence-electron chi connectivity index (χ1n) is 7.07. The van der Waals surface area contributed by atoms with Crippen molar-refractivity contribution < 1.29 is 24.2 Å². The van der Waals surface area contributed by atoms with E-state index in [1.165, 1.54) is 14.2 Å². The molecule has 1 aromatic carbocycles. The van der Waals surface area contributed by atoms with Crippen LogP contribution < -0.4 is 9.47 Å². The summed E-state index contributed by atoms with van der Waals surface area (Å²) in [6, 6.07) is 3.33. The lowest BCUT2D eigenvalue weighted by Crippen LogP contribution is -2.34. The molecule has 0 bridgehead atoms. The van der Waals surface area contributed by atoms with Gasteiger partial charge in [-0.2, -0.15) is 0 Å². The van der Waals surface area contributed by atoms with E-state index in [-0.39, 0.29) is 12.5 Å². The molecule has 1 aliphatic rings. The molecule has 22 heavy (non-hydrogen) atoms. The summed E-state index contributed by atoms with van der Waals surface area (Å²) in [7, 11) is 3.07. The predicted octanol–water partition coefficient (Wildman–Crippen LogP) is 1.95. The van der Waals surface area contributed by atoms with Crippen molar-refractivity contribution in [2.24, 2.45) is 5.41 Å². The number of rotatable bonds is 4. The van der Waals surface area contributed by atoms with Crippen molar-refractivity contribution in [3.8, 4) is 11.5 Å². The Morgan fingerprint density at radius 3 is 2.18 bits per heavy atom. The number of nitrogens with zero attached hydrogens (tertiary/aromatic N) is 1. The molecule has 0 spiro atoms. The summed E-state index contributed by atoms with van der Waals surface area (Å²) >= 11 is 0. The number of carboxylic acids is 1. The van der Waals surface area contributed by atoms with Gasteiger partial charge in [-0.05, 0) is 32.4 Å². The monoisotopic (exact) mass is 307 g/mol. The first kappa shape index (κ1) is 16.1. The van der Waals surface area contributed by atoms with E-state index in [1.54, 1.807) is 24.0 Å². The average Bonchev–Trinajstić information content (AvgIpc) is 2.90. The van der Waals surface area contributed by atoms with Gasteiger partial charge in [0.1, 0.15) is 11.5 Å². The summed E-state index contributed by atoms with van der Waals surface area (Å²) in [6.07, 6.45) is 0.453. The Bertz CT molecular complexity index is 588. The van der Waals surface area contributed by atoms with Crippen LogP contribution in [0.2, 0.25) is 0 Å². The van der Waals surface area contributed by atoms with E-state index < -0.39 is 11.4 Å². The molecule has 1 N–H and O–H groups in total. The number of likely N-dealkylation sites (tertiary alicyclic amines) is 1. The van der Waals surface area contributed by atoms with Gasteiger partial charge in [-0.15, -0.1) is 0 Å². The number of carbonyl (C=O) groups is 2. The van der Waals surface area contributed by atoms with E-state index in [2.05, 4.69) is 0 Å². The molecule has 1 saturated heterocycles. The number of aliphatic carboxylic acids is 1. The van der Waals surface area contributed by atoms with E-state index >= 15 is 0 Å². The quantitative estimate of drug-likeness (QED) is 0.920. The molecule has 1 fully saturated rings. The number of hydrogen-bond donors (Lipinski definition) is 1. The van der Waals surface area contributed by atoms with Gasteiger partial charge >= 0.3 is 5.97 Å². The zero-order valence-corrected chi connectivity index (χ0v) is 13.3. The molecule has 1 atom stereocenters. The Hall–Kier alpha value is -2.24. The van der Waals surface area contributed by atoms with Gasteiger partial charge in [0.15, 0.2) is 0 Å².